The Bertz CT molecular complexity index is 825. The van der Waals surface area contributed by atoms with Crippen LogP contribution in [0.5, 0.6) is 0 Å². The van der Waals surface area contributed by atoms with Crippen LogP contribution >= 0.6 is 0 Å². The molecule has 2 N–H and O–H groups in total. The molecule has 2 rings (SSSR count). The number of ketones is 1. The third kappa shape index (κ3) is 4.56. The third-order valence-electron chi connectivity index (χ3n) is 4.06. The lowest BCUT2D eigenvalue weighted by Gasteiger charge is -2.06. The molecule has 138 valence electrons. The van der Waals surface area contributed by atoms with Crippen molar-refractivity contribution in [1.82, 2.24) is 10.3 Å². The Labute approximate surface area is 150 Å². The second-order valence-corrected chi connectivity index (χ2v) is 5.93. The largest absolute Gasteiger partial charge is 0.465 e. The molecule has 1 heterocycles. The number of nitrogens with one attached hydrogen (secondary N) is 2. The maximum Gasteiger partial charge on any atom is 0.339 e. The number of carbonyl (C=O) groups excluding carboxylic acids is 3. The first-order chi connectivity index (χ1) is 12.3. The van der Waals surface area contributed by atoms with Crippen LogP contribution in [-0.2, 0) is 22.4 Å². The first-order valence-electron chi connectivity index (χ1n) is 8.15. The molecule has 1 aromatic heterocycles. The summed E-state index contributed by atoms with van der Waals surface area (Å²) in [6.07, 6.45) is 0.473. The van der Waals surface area contributed by atoms with E-state index in [4.69, 9.17) is 4.74 Å². The van der Waals surface area contributed by atoms with Gasteiger partial charge in [-0.15, -0.1) is 0 Å². The van der Waals surface area contributed by atoms with E-state index in [0.29, 0.717) is 29.9 Å². The molecule has 6 nitrogen and oxygen atoms in total. The number of aromatic nitrogens is 1. The molecule has 0 saturated heterocycles. The lowest BCUT2D eigenvalue weighted by molar-refractivity contribution is -0.120. The van der Waals surface area contributed by atoms with Crippen LogP contribution in [0, 0.1) is 12.7 Å². The molecule has 0 fully saturated rings. The summed E-state index contributed by atoms with van der Waals surface area (Å²) in [4.78, 5) is 38.7. The number of ether oxygens (including phenoxy) is 1. The molecule has 0 unspecified atom stereocenters. The van der Waals surface area contributed by atoms with Crippen LogP contribution in [-0.4, -0.2) is 36.3 Å². The van der Waals surface area contributed by atoms with E-state index in [2.05, 4.69) is 10.3 Å². The number of amides is 1. The van der Waals surface area contributed by atoms with Gasteiger partial charge in [-0.1, -0.05) is 12.1 Å². The van der Waals surface area contributed by atoms with Crippen molar-refractivity contribution >= 4 is 17.7 Å². The first kappa shape index (κ1) is 19.4. The number of esters is 1. The van der Waals surface area contributed by atoms with Crippen LogP contribution in [0.15, 0.2) is 24.3 Å². The number of carbonyl (C=O) groups is 3. The first-order valence-corrected chi connectivity index (χ1v) is 8.15. The maximum absolute atomic E-state index is 12.9. The van der Waals surface area contributed by atoms with Crippen LogP contribution < -0.4 is 5.32 Å². The number of rotatable bonds is 7. The number of aromatic amines is 1. The molecular formula is C19H21FN2O4. The molecule has 0 aliphatic carbocycles. The zero-order chi connectivity index (χ0) is 19.3. The van der Waals surface area contributed by atoms with Crippen LogP contribution in [0.1, 0.15) is 44.6 Å². The second-order valence-electron chi connectivity index (χ2n) is 5.93. The summed E-state index contributed by atoms with van der Waals surface area (Å²) in [6, 6.07) is 6.05. The average molecular weight is 360 g/mol. The molecule has 0 bridgehead atoms. The molecule has 0 atom stereocenters. The standard InChI is InChI=1S/C19H21FN2O4/c1-11-17(19(25)26-3)15(22-18(11)12(2)23)10-16(24)21-9-8-13-4-6-14(20)7-5-13/h4-7,22H,8-10H2,1-3H3,(H,21,24). The minimum absolute atomic E-state index is 0.0814. The van der Waals surface area contributed by atoms with E-state index < -0.39 is 5.97 Å². The quantitative estimate of drug-likeness (QED) is 0.586. The molecule has 1 amide bonds. The van der Waals surface area contributed by atoms with Crippen molar-refractivity contribution in [1.29, 1.82) is 0 Å². The minimum atomic E-state index is -0.597. The van der Waals surface area contributed by atoms with E-state index in [-0.39, 0.29) is 29.5 Å². The summed E-state index contributed by atoms with van der Waals surface area (Å²) in [5.41, 5.74) is 2.22. The van der Waals surface area contributed by atoms with Crippen LogP contribution in [0.25, 0.3) is 0 Å². The van der Waals surface area contributed by atoms with Gasteiger partial charge in [0.25, 0.3) is 0 Å². The van der Waals surface area contributed by atoms with E-state index in [1.165, 1.54) is 26.2 Å². The van der Waals surface area contributed by atoms with Gasteiger partial charge in [0.2, 0.25) is 5.91 Å². The Morgan fingerprint density at radius 2 is 1.85 bits per heavy atom. The van der Waals surface area contributed by atoms with Crippen molar-refractivity contribution in [3.8, 4) is 0 Å². The molecule has 1 aromatic carbocycles. The fourth-order valence-corrected chi connectivity index (χ4v) is 2.74. The van der Waals surface area contributed by atoms with Gasteiger partial charge in [0, 0.05) is 19.2 Å². The van der Waals surface area contributed by atoms with Gasteiger partial charge in [-0.25, -0.2) is 9.18 Å². The molecule has 2 aromatic rings. The highest BCUT2D eigenvalue weighted by Gasteiger charge is 2.24. The molecule has 0 aliphatic heterocycles. The van der Waals surface area contributed by atoms with Gasteiger partial charge in [-0.2, -0.15) is 0 Å². The fourth-order valence-electron chi connectivity index (χ4n) is 2.74. The second kappa shape index (κ2) is 8.42. The van der Waals surface area contributed by atoms with Gasteiger partial charge < -0.3 is 15.0 Å². The lowest BCUT2D eigenvalue weighted by atomic mass is 10.1. The number of benzene rings is 1. The Balaban J connectivity index is 2.03. The number of hydrogen-bond acceptors (Lipinski definition) is 4. The van der Waals surface area contributed by atoms with Crippen molar-refractivity contribution in [2.24, 2.45) is 0 Å². The average Bonchev–Trinajstić information content (AvgIpc) is 2.92. The zero-order valence-corrected chi connectivity index (χ0v) is 14.9. The van der Waals surface area contributed by atoms with Gasteiger partial charge in [-0.05, 0) is 36.6 Å². The summed E-state index contributed by atoms with van der Waals surface area (Å²) < 4.78 is 17.6. The van der Waals surface area contributed by atoms with Crippen molar-refractivity contribution in [2.75, 3.05) is 13.7 Å². The van der Waals surface area contributed by atoms with Crippen LogP contribution in [0.4, 0.5) is 4.39 Å². The molecule has 7 heteroatoms. The van der Waals surface area contributed by atoms with Gasteiger partial charge in [-0.3, -0.25) is 9.59 Å². The molecule has 0 aliphatic rings. The van der Waals surface area contributed by atoms with Gasteiger partial charge in [0.15, 0.2) is 5.78 Å². The Kier molecular flexibility index (Phi) is 6.27. The highest BCUT2D eigenvalue weighted by Crippen LogP contribution is 2.20. The SMILES string of the molecule is COC(=O)c1c(CC(=O)NCCc2ccc(F)cc2)[nH]c(C(C)=O)c1C. The van der Waals surface area contributed by atoms with Crippen molar-refractivity contribution < 1.29 is 23.5 Å². The number of H-pyrrole nitrogens is 1. The van der Waals surface area contributed by atoms with E-state index in [9.17, 15) is 18.8 Å². The van der Waals surface area contributed by atoms with E-state index in [1.54, 1.807) is 19.1 Å². The Morgan fingerprint density at radius 1 is 1.19 bits per heavy atom. The number of hydrogen-bond donors (Lipinski definition) is 2. The fraction of sp³-hybridized carbons (Fsp3) is 0.316. The lowest BCUT2D eigenvalue weighted by Crippen LogP contribution is -2.28. The van der Waals surface area contributed by atoms with Crippen molar-refractivity contribution in [3.05, 3.63) is 58.2 Å². The maximum atomic E-state index is 12.9. The molecule has 26 heavy (non-hydrogen) atoms. The van der Waals surface area contributed by atoms with Gasteiger partial charge in [0.1, 0.15) is 5.82 Å². The topological polar surface area (TPSA) is 88.3 Å². The normalized spacial score (nSPS) is 10.5. The molecule has 0 spiro atoms. The third-order valence-corrected chi connectivity index (χ3v) is 4.06. The minimum Gasteiger partial charge on any atom is -0.465 e. The van der Waals surface area contributed by atoms with Gasteiger partial charge >= 0.3 is 5.97 Å². The number of methoxy groups -OCH3 is 1. The number of halogens is 1. The molecule has 0 radical (unpaired) electrons. The van der Waals surface area contributed by atoms with E-state index in [1.807, 2.05) is 0 Å². The van der Waals surface area contributed by atoms with Gasteiger partial charge in [0.05, 0.1) is 24.8 Å². The van der Waals surface area contributed by atoms with Crippen LogP contribution in [0.2, 0.25) is 0 Å². The predicted molar refractivity (Wildman–Crippen MR) is 93.7 cm³/mol. The van der Waals surface area contributed by atoms with E-state index in [0.717, 1.165) is 5.56 Å². The predicted octanol–water partition coefficient (Wildman–Crippen LogP) is 2.35. The monoisotopic (exact) mass is 360 g/mol. The summed E-state index contributed by atoms with van der Waals surface area (Å²) in [5.74, 6) is -1.43. The highest BCUT2D eigenvalue weighted by molar-refractivity contribution is 6.01. The Morgan fingerprint density at radius 3 is 2.42 bits per heavy atom. The number of Topliss-reactive ketones (excluding diaryl/α,β-unsaturated/α-hetero) is 1. The summed E-state index contributed by atoms with van der Waals surface area (Å²) in [6.45, 7) is 3.39. The molecule has 0 saturated carbocycles. The zero-order valence-electron chi connectivity index (χ0n) is 14.9. The van der Waals surface area contributed by atoms with Crippen molar-refractivity contribution in [2.45, 2.75) is 26.7 Å². The molecular weight excluding hydrogens is 339 g/mol. The summed E-state index contributed by atoms with van der Waals surface area (Å²) in [5, 5.41) is 2.75. The Hall–Kier alpha value is -2.96. The summed E-state index contributed by atoms with van der Waals surface area (Å²) >= 11 is 0. The smallest absolute Gasteiger partial charge is 0.339 e. The van der Waals surface area contributed by atoms with Crippen LogP contribution in [0.3, 0.4) is 0 Å². The van der Waals surface area contributed by atoms with E-state index >= 15 is 0 Å². The summed E-state index contributed by atoms with van der Waals surface area (Å²) in [7, 11) is 1.24. The highest BCUT2D eigenvalue weighted by atomic mass is 19.1. The van der Waals surface area contributed by atoms with Crippen molar-refractivity contribution in [3.63, 3.8) is 0 Å².